The summed E-state index contributed by atoms with van der Waals surface area (Å²) in [6, 6.07) is 0.0613. The maximum absolute atomic E-state index is 12.0. The minimum Gasteiger partial charge on any atom is -0.481 e. The molecule has 0 aliphatic carbocycles. The Morgan fingerprint density at radius 2 is 2.17 bits per heavy atom. The molecule has 0 saturated carbocycles. The molecule has 0 aromatic carbocycles. The molecule has 1 saturated heterocycles. The van der Waals surface area contributed by atoms with E-state index in [0.29, 0.717) is 26.1 Å². The van der Waals surface area contributed by atoms with Gasteiger partial charge < -0.3 is 20.5 Å². The fraction of sp³-hybridized carbons (Fsp3) is 0.833. The first-order valence-corrected chi connectivity index (χ1v) is 6.31. The fourth-order valence-electron chi connectivity index (χ4n) is 2.08. The molecule has 1 aliphatic heterocycles. The number of rotatable bonds is 7. The molecule has 104 valence electrons. The van der Waals surface area contributed by atoms with Crippen molar-refractivity contribution in [3.63, 3.8) is 0 Å². The zero-order valence-corrected chi connectivity index (χ0v) is 10.9. The number of nitrogens with one attached hydrogen (secondary N) is 2. The van der Waals surface area contributed by atoms with E-state index in [-0.39, 0.29) is 30.3 Å². The molecular weight excluding hydrogens is 236 g/mol. The highest BCUT2D eigenvalue weighted by atomic mass is 16.5. The molecule has 18 heavy (non-hydrogen) atoms. The Morgan fingerprint density at radius 3 is 2.78 bits per heavy atom. The molecule has 0 spiro atoms. The van der Waals surface area contributed by atoms with E-state index >= 15 is 0 Å². The summed E-state index contributed by atoms with van der Waals surface area (Å²) in [5.41, 5.74) is 0. The minimum absolute atomic E-state index is 0.00467. The van der Waals surface area contributed by atoms with Crippen molar-refractivity contribution in [2.75, 3.05) is 20.3 Å². The average molecular weight is 258 g/mol. The molecule has 0 aromatic heterocycles. The predicted molar refractivity (Wildman–Crippen MR) is 66.2 cm³/mol. The number of ether oxygens (including phenoxy) is 1. The molecule has 0 radical (unpaired) electrons. The molecule has 6 nitrogen and oxygen atoms in total. The van der Waals surface area contributed by atoms with Crippen LogP contribution in [0, 0.1) is 5.92 Å². The fourth-order valence-corrected chi connectivity index (χ4v) is 2.08. The standard InChI is InChI=1S/C12H22N2O4/c1-8(4-3-5-11(15)16)14-12(17)9-6-18-7-10(9)13-2/h8-10,13H,3-7H2,1-2H3,(H,14,17)(H,15,16). The van der Waals surface area contributed by atoms with Crippen molar-refractivity contribution >= 4 is 11.9 Å². The van der Waals surface area contributed by atoms with Crippen LogP contribution in [0.5, 0.6) is 0 Å². The van der Waals surface area contributed by atoms with Gasteiger partial charge in [-0.05, 0) is 26.8 Å². The van der Waals surface area contributed by atoms with Crippen molar-refractivity contribution in [1.29, 1.82) is 0 Å². The summed E-state index contributed by atoms with van der Waals surface area (Å²) < 4.78 is 5.27. The highest BCUT2D eigenvalue weighted by molar-refractivity contribution is 5.80. The lowest BCUT2D eigenvalue weighted by Gasteiger charge is -2.20. The van der Waals surface area contributed by atoms with Gasteiger partial charge in [-0.15, -0.1) is 0 Å². The van der Waals surface area contributed by atoms with Crippen molar-refractivity contribution in [3.8, 4) is 0 Å². The predicted octanol–water partition coefficient (Wildman–Crippen LogP) is -0.0196. The summed E-state index contributed by atoms with van der Waals surface area (Å²) in [6.07, 6.45) is 1.40. The van der Waals surface area contributed by atoms with Gasteiger partial charge in [0.2, 0.25) is 5.91 Å². The van der Waals surface area contributed by atoms with Crippen LogP contribution in [-0.4, -0.2) is 49.3 Å². The summed E-state index contributed by atoms with van der Waals surface area (Å²) in [5.74, 6) is -0.973. The molecule has 1 amide bonds. The van der Waals surface area contributed by atoms with Gasteiger partial charge in [-0.3, -0.25) is 9.59 Å². The SMILES string of the molecule is CNC1COCC1C(=O)NC(C)CCCC(=O)O. The highest BCUT2D eigenvalue weighted by Gasteiger charge is 2.33. The van der Waals surface area contributed by atoms with Crippen LogP contribution in [0.1, 0.15) is 26.2 Å². The van der Waals surface area contributed by atoms with E-state index in [1.54, 1.807) is 0 Å². The maximum Gasteiger partial charge on any atom is 0.303 e. The second-order valence-electron chi connectivity index (χ2n) is 4.73. The van der Waals surface area contributed by atoms with Gasteiger partial charge in [-0.1, -0.05) is 0 Å². The van der Waals surface area contributed by atoms with Gasteiger partial charge in [-0.25, -0.2) is 0 Å². The minimum atomic E-state index is -0.798. The van der Waals surface area contributed by atoms with Crippen LogP contribution in [0.2, 0.25) is 0 Å². The summed E-state index contributed by atoms with van der Waals surface area (Å²) in [5, 5.41) is 14.5. The Kier molecular flexibility index (Phi) is 6.07. The van der Waals surface area contributed by atoms with Gasteiger partial charge in [0.05, 0.1) is 19.1 Å². The highest BCUT2D eigenvalue weighted by Crippen LogP contribution is 2.14. The number of likely N-dealkylation sites (N-methyl/N-ethyl adjacent to an activating group) is 1. The van der Waals surface area contributed by atoms with Gasteiger partial charge in [0.1, 0.15) is 0 Å². The van der Waals surface area contributed by atoms with E-state index in [2.05, 4.69) is 10.6 Å². The summed E-state index contributed by atoms with van der Waals surface area (Å²) in [6.45, 7) is 2.89. The molecule has 0 aromatic rings. The number of hydrogen-bond acceptors (Lipinski definition) is 4. The van der Waals surface area contributed by atoms with Crippen LogP contribution in [0.15, 0.2) is 0 Å². The van der Waals surface area contributed by atoms with E-state index in [9.17, 15) is 9.59 Å². The first kappa shape index (κ1) is 14.9. The van der Waals surface area contributed by atoms with Crippen LogP contribution in [-0.2, 0) is 14.3 Å². The van der Waals surface area contributed by atoms with E-state index in [1.807, 2.05) is 14.0 Å². The molecule has 0 bridgehead atoms. The summed E-state index contributed by atoms with van der Waals surface area (Å²) in [7, 11) is 1.82. The van der Waals surface area contributed by atoms with Gasteiger partial charge >= 0.3 is 5.97 Å². The number of carbonyl (C=O) groups excluding carboxylic acids is 1. The van der Waals surface area contributed by atoms with E-state index in [4.69, 9.17) is 9.84 Å². The third-order valence-corrected chi connectivity index (χ3v) is 3.20. The average Bonchev–Trinajstić information content (AvgIpc) is 2.76. The zero-order chi connectivity index (χ0) is 13.5. The lowest BCUT2D eigenvalue weighted by Crippen LogP contribution is -2.45. The van der Waals surface area contributed by atoms with Crippen molar-refractivity contribution in [3.05, 3.63) is 0 Å². The summed E-state index contributed by atoms with van der Waals surface area (Å²) >= 11 is 0. The summed E-state index contributed by atoms with van der Waals surface area (Å²) in [4.78, 5) is 22.4. The first-order valence-electron chi connectivity index (χ1n) is 6.31. The first-order chi connectivity index (χ1) is 8.54. The molecule has 6 heteroatoms. The van der Waals surface area contributed by atoms with E-state index < -0.39 is 5.97 Å². The van der Waals surface area contributed by atoms with Gasteiger partial charge in [-0.2, -0.15) is 0 Å². The normalized spacial score (nSPS) is 24.8. The Bertz CT molecular complexity index is 296. The van der Waals surface area contributed by atoms with Gasteiger partial charge in [0, 0.05) is 18.5 Å². The molecule has 3 atom stereocenters. The van der Waals surface area contributed by atoms with Crippen molar-refractivity contribution in [2.24, 2.45) is 5.92 Å². The lowest BCUT2D eigenvalue weighted by molar-refractivity contribution is -0.137. The van der Waals surface area contributed by atoms with Crippen molar-refractivity contribution < 1.29 is 19.4 Å². The Labute approximate surface area is 107 Å². The molecular formula is C12H22N2O4. The topological polar surface area (TPSA) is 87.7 Å². The zero-order valence-electron chi connectivity index (χ0n) is 10.9. The number of carboxylic acid groups (broad SMARTS) is 1. The maximum atomic E-state index is 12.0. The van der Waals surface area contributed by atoms with Crippen LogP contribution in [0.3, 0.4) is 0 Å². The van der Waals surface area contributed by atoms with Crippen molar-refractivity contribution in [1.82, 2.24) is 10.6 Å². The Balaban J connectivity index is 2.28. The molecule has 3 unspecified atom stereocenters. The van der Waals surface area contributed by atoms with E-state index in [0.717, 1.165) is 0 Å². The van der Waals surface area contributed by atoms with E-state index in [1.165, 1.54) is 0 Å². The number of amides is 1. The number of hydrogen-bond donors (Lipinski definition) is 3. The monoisotopic (exact) mass is 258 g/mol. The van der Waals surface area contributed by atoms with Crippen LogP contribution in [0.25, 0.3) is 0 Å². The smallest absolute Gasteiger partial charge is 0.303 e. The third-order valence-electron chi connectivity index (χ3n) is 3.20. The van der Waals surface area contributed by atoms with Crippen molar-refractivity contribution in [2.45, 2.75) is 38.3 Å². The second kappa shape index (κ2) is 7.33. The number of carbonyl (C=O) groups is 2. The van der Waals surface area contributed by atoms with Gasteiger partial charge in [0.15, 0.2) is 0 Å². The Hall–Kier alpha value is -1.14. The molecule has 1 fully saturated rings. The van der Waals surface area contributed by atoms with Crippen LogP contribution in [0.4, 0.5) is 0 Å². The quantitative estimate of drug-likeness (QED) is 0.597. The molecule has 1 rings (SSSR count). The van der Waals surface area contributed by atoms with Crippen LogP contribution >= 0.6 is 0 Å². The Morgan fingerprint density at radius 1 is 1.44 bits per heavy atom. The molecule has 1 aliphatic rings. The van der Waals surface area contributed by atoms with Crippen LogP contribution < -0.4 is 10.6 Å². The largest absolute Gasteiger partial charge is 0.481 e. The third kappa shape index (κ3) is 4.62. The second-order valence-corrected chi connectivity index (χ2v) is 4.73. The van der Waals surface area contributed by atoms with Gasteiger partial charge in [0.25, 0.3) is 0 Å². The molecule has 1 heterocycles. The number of carboxylic acids is 1. The lowest BCUT2D eigenvalue weighted by atomic mass is 10.0. The number of aliphatic carboxylic acids is 1. The molecule has 3 N–H and O–H groups in total.